The Morgan fingerprint density at radius 3 is 2.28 bits per heavy atom. The van der Waals surface area contributed by atoms with E-state index in [0.29, 0.717) is 59.3 Å². The summed E-state index contributed by atoms with van der Waals surface area (Å²) in [6.45, 7) is 8.37. The van der Waals surface area contributed by atoms with Crippen LogP contribution in [0.1, 0.15) is 57.7 Å². The van der Waals surface area contributed by atoms with Crippen LogP contribution in [0, 0.1) is 5.82 Å². The molecule has 0 saturated carbocycles. The third kappa shape index (κ3) is 8.26. The number of ether oxygens (including phenoxy) is 3. The minimum atomic E-state index is -4.60. The minimum absolute atomic E-state index is 0.0635. The number of piperazine rings is 1. The number of carbonyl (C=O) groups excluding carboxylic acids is 2. The lowest BCUT2D eigenvalue weighted by atomic mass is 9.97. The highest BCUT2D eigenvalue weighted by atomic mass is 19.4. The lowest BCUT2D eigenvalue weighted by Gasteiger charge is -2.27. The Kier molecular flexibility index (Phi) is 11.8. The van der Waals surface area contributed by atoms with E-state index >= 15 is 4.39 Å². The van der Waals surface area contributed by atoms with Gasteiger partial charge in [-0.05, 0) is 53.8 Å². The van der Waals surface area contributed by atoms with Gasteiger partial charge in [0.1, 0.15) is 5.52 Å². The Labute approximate surface area is 348 Å². The van der Waals surface area contributed by atoms with E-state index in [1.54, 1.807) is 23.1 Å². The average molecular weight is 841 g/mol. The van der Waals surface area contributed by atoms with E-state index in [2.05, 4.69) is 20.2 Å². The van der Waals surface area contributed by atoms with Crippen LogP contribution in [-0.4, -0.2) is 87.9 Å². The number of nitrogens with zero attached hydrogens (tertiary/aromatic N) is 7. The number of halogens is 4. The summed E-state index contributed by atoms with van der Waals surface area (Å²) in [5.41, 5.74) is 5.57. The summed E-state index contributed by atoms with van der Waals surface area (Å²) < 4.78 is 75.7. The monoisotopic (exact) mass is 840 g/mol. The SMILES string of the molecule is CCc1cccc(CC)c1-n1nc2c(c1-c1cc(F)c(OC)c3c1ccn3C(=O)OCOC(=O)c1ccc(CN3CCNCC3)cc1)CN(c1ncc(C(F)(F)F)cn1)CC2. The van der Waals surface area contributed by atoms with Crippen molar-refractivity contribution in [1.82, 2.24) is 34.5 Å². The number of para-hydroxylation sites is 1. The Morgan fingerprint density at radius 1 is 0.918 bits per heavy atom. The Bertz CT molecular complexity index is 2540. The van der Waals surface area contributed by atoms with Gasteiger partial charge in [0.15, 0.2) is 11.6 Å². The molecule has 3 aromatic carbocycles. The van der Waals surface area contributed by atoms with Gasteiger partial charge in [-0.3, -0.25) is 4.90 Å². The maximum Gasteiger partial charge on any atom is 0.421 e. The number of carbonyl (C=O) groups is 2. The van der Waals surface area contributed by atoms with Gasteiger partial charge in [0.05, 0.1) is 35.3 Å². The smallest absolute Gasteiger partial charge is 0.421 e. The summed E-state index contributed by atoms with van der Waals surface area (Å²) in [6.07, 6.45) is -0.889. The number of alkyl halides is 3. The van der Waals surface area contributed by atoms with Gasteiger partial charge >= 0.3 is 18.2 Å². The molecule has 61 heavy (non-hydrogen) atoms. The lowest BCUT2D eigenvalue weighted by molar-refractivity contribution is -0.138. The first-order chi connectivity index (χ1) is 29.5. The van der Waals surface area contributed by atoms with Gasteiger partial charge in [-0.1, -0.05) is 44.2 Å². The maximum atomic E-state index is 16.4. The van der Waals surface area contributed by atoms with E-state index in [1.807, 2.05) is 48.9 Å². The van der Waals surface area contributed by atoms with Crippen molar-refractivity contribution in [3.05, 3.63) is 118 Å². The molecule has 0 spiro atoms. The van der Waals surface area contributed by atoms with Gasteiger partial charge in [0, 0.05) is 87.3 Å². The number of benzene rings is 3. The zero-order valence-corrected chi connectivity index (χ0v) is 33.9. The second-order valence-electron chi connectivity index (χ2n) is 14.8. The quantitative estimate of drug-likeness (QED) is 0.0800. The van der Waals surface area contributed by atoms with Crippen molar-refractivity contribution >= 4 is 28.9 Å². The third-order valence-electron chi connectivity index (χ3n) is 11.2. The number of aryl methyl sites for hydroxylation is 2. The second-order valence-corrected chi connectivity index (χ2v) is 14.8. The summed E-state index contributed by atoms with van der Waals surface area (Å²) in [7, 11) is 1.29. The Balaban J connectivity index is 1.12. The van der Waals surface area contributed by atoms with Crippen molar-refractivity contribution in [3.8, 4) is 22.7 Å². The highest BCUT2D eigenvalue weighted by molar-refractivity contribution is 6.03. The number of aromatic nitrogens is 5. The van der Waals surface area contributed by atoms with Gasteiger partial charge < -0.3 is 24.4 Å². The molecule has 0 atom stereocenters. The van der Waals surface area contributed by atoms with Crippen molar-refractivity contribution in [2.75, 3.05) is 51.5 Å². The highest BCUT2D eigenvalue weighted by Crippen LogP contribution is 2.43. The van der Waals surface area contributed by atoms with E-state index in [0.717, 1.165) is 72.1 Å². The second kappa shape index (κ2) is 17.3. The number of anilines is 1. The van der Waals surface area contributed by atoms with E-state index < -0.39 is 36.4 Å². The van der Waals surface area contributed by atoms with Crippen LogP contribution in [0.25, 0.3) is 27.8 Å². The average Bonchev–Trinajstić information content (AvgIpc) is 3.88. The molecule has 1 N–H and O–H groups in total. The summed E-state index contributed by atoms with van der Waals surface area (Å²) in [6, 6.07) is 16.0. The first-order valence-corrected chi connectivity index (χ1v) is 20.1. The molecule has 8 rings (SSSR count). The molecule has 0 bridgehead atoms. The summed E-state index contributed by atoms with van der Waals surface area (Å²) in [5, 5.41) is 8.87. The molecule has 0 unspecified atom stereocenters. The number of methoxy groups -OCH3 is 1. The molecular weight excluding hydrogens is 797 g/mol. The van der Waals surface area contributed by atoms with Crippen LogP contribution < -0.4 is 15.0 Å². The van der Waals surface area contributed by atoms with Crippen molar-refractivity contribution in [1.29, 1.82) is 0 Å². The number of hydrogen-bond acceptors (Lipinski definition) is 11. The maximum absolute atomic E-state index is 16.4. The van der Waals surface area contributed by atoms with Gasteiger partial charge in [-0.25, -0.2) is 33.2 Å². The third-order valence-corrected chi connectivity index (χ3v) is 11.2. The molecule has 0 aliphatic carbocycles. The van der Waals surface area contributed by atoms with E-state index in [4.69, 9.17) is 19.3 Å². The van der Waals surface area contributed by atoms with Crippen molar-refractivity contribution in [3.63, 3.8) is 0 Å². The van der Waals surface area contributed by atoms with E-state index in [1.165, 1.54) is 19.4 Å². The molecule has 0 radical (unpaired) electrons. The fraction of sp³-hybridized carbons (Fsp3) is 0.341. The van der Waals surface area contributed by atoms with Crippen molar-refractivity contribution in [2.24, 2.45) is 0 Å². The molecule has 17 heteroatoms. The fourth-order valence-electron chi connectivity index (χ4n) is 8.07. The number of nitrogens with one attached hydrogen (secondary N) is 1. The molecule has 0 amide bonds. The number of rotatable bonds is 11. The molecule has 1 saturated heterocycles. The number of fused-ring (bicyclic) bond motifs is 2. The molecule has 318 valence electrons. The fourth-order valence-corrected chi connectivity index (χ4v) is 8.07. The van der Waals surface area contributed by atoms with Crippen LogP contribution in [0.3, 0.4) is 0 Å². The first-order valence-electron chi connectivity index (χ1n) is 20.1. The first kappa shape index (κ1) is 41.4. The van der Waals surface area contributed by atoms with Crippen LogP contribution in [0.2, 0.25) is 0 Å². The van der Waals surface area contributed by atoms with Crippen molar-refractivity contribution in [2.45, 2.75) is 52.4 Å². The van der Waals surface area contributed by atoms with E-state index in [9.17, 15) is 22.8 Å². The Hall–Kier alpha value is -6.33. The molecule has 3 aromatic heterocycles. The Morgan fingerprint density at radius 2 is 1.62 bits per heavy atom. The highest BCUT2D eigenvalue weighted by Gasteiger charge is 2.34. The summed E-state index contributed by atoms with van der Waals surface area (Å²) >= 11 is 0. The molecule has 5 heterocycles. The normalized spacial score (nSPS) is 14.6. The van der Waals surface area contributed by atoms with Crippen molar-refractivity contribution < 1.29 is 41.4 Å². The molecule has 2 aliphatic rings. The van der Waals surface area contributed by atoms with Gasteiger partial charge in [0.2, 0.25) is 12.7 Å². The molecular formula is C44H44F4N8O5. The lowest BCUT2D eigenvalue weighted by Crippen LogP contribution is -2.42. The molecule has 13 nitrogen and oxygen atoms in total. The molecule has 6 aromatic rings. The number of esters is 1. The zero-order valence-electron chi connectivity index (χ0n) is 33.9. The standard InChI is InChI=1S/C44H44F4N8O5/c1-4-28-7-6-8-29(5-2)37(28)56-38(34-25-54(17-14-36(34)52-56)42-50-22-31(23-51-42)44(46,47)48)33-21-35(45)40(59-3)39-32(33)13-18-55(39)43(58)61-26-60-41(57)30-11-9-27(10-12-30)24-53-19-15-49-16-20-53/h6-13,18,21-23,49H,4-5,14-17,19-20,24-26H2,1-3H3. The van der Waals surface area contributed by atoms with Gasteiger partial charge in [-0.2, -0.15) is 18.3 Å². The predicted octanol–water partition coefficient (Wildman–Crippen LogP) is 7.34. The largest absolute Gasteiger partial charge is 0.492 e. The van der Waals surface area contributed by atoms with Gasteiger partial charge in [-0.15, -0.1) is 0 Å². The topological polar surface area (TPSA) is 129 Å². The van der Waals surface area contributed by atoms with Crippen LogP contribution >= 0.6 is 0 Å². The van der Waals surface area contributed by atoms with Crippen LogP contribution in [0.5, 0.6) is 5.75 Å². The molecule has 2 aliphatic heterocycles. The number of hydrogen-bond donors (Lipinski definition) is 1. The summed E-state index contributed by atoms with van der Waals surface area (Å²) in [5.74, 6) is -1.58. The summed E-state index contributed by atoms with van der Waals surface area (Å²) in [4.78, 5) is 38.8. The van der Waals surface area contributed by atoms with Crippen LogP contribution in [0.4, 0.5) is 28.3 Å². The van der Waals surface area contributed by atoms with Crippen LogP contribution in [-0.2, 0) is 48.0 Å². The molecule has 1 fully saturated rings. The zero-order chi connectivity index (χ0) is 42.8. The van der Waals surface area contributed by atoms with Gasteiger partial charge in [0.25, 0.3) is 0 Å². The predicted molar refractivity (Wildman–Crippen MR) is 218 cm³/mol. The van der Waals surface area contributed by atoms with Crippen LogP contribution in [0.15, 0.2) is 73.2 Å². The van der Waals surface area contributed by atoms with E-state index in [-0.39, 0.29) is 23.8 Å². The minimum Gasteiger partial charge on any atom is -0.492 e.